The summed E-state index contributed by atoms with van der Waals surface area (Å²) in [5.74, 6) is 1.22. The van der Waals surface area contributed by atoms with Crippen molar-refractivity contribution in [1.29, 1.82) is 5.26 Å². The Morgan fingerprint density at radius 1 is 1.18 bits per heavy atom. The smallest absolute Gasteiger partial charge is 0.225 e. The van der Waals surface area contributed by atoms with Crippen LogP contribution in [0.1, 0.15) is 51.4 Å². The van der Waals surface area contributed by atoms with Crippen molar-refractivity contribution in [3.63, 3.8) is 0 Å². The quantitative estimate of drug-likeness (QED) is 0.808. The highest BCUT2D eigenvalue weighted by Gasteiger charge is 2.39. The fourth-order valence-corrected chi connectivity index (χ4v) is 4.53. The standard InChI is InChI=1S/C16H24N3O2S/c17-12-16(8-10-22-11-9-16)19-13(20)4-7-15(14(18)21)5-2-1-3-6-15/h4H,1-3,5-11H2,(H2,18,21)(H,19,20). The number of rotatable bonds is 5. The molecular weight excluding hydrogens is 298 g/mol. The molecule has 0 aromatic carbocycles. The summed E-state index contributed by atoms with van der Waals surface area (Å²) >= 11 is 1.81. The molecule has 22 heavy (non-hydrogen) atoms. The third-order valence-electron chi connectivity index (χ3n) is 4.93. The van der Waals surface area contributed by atoms with Crippen LogP contribution >= 0.6 is 11.8 Å². The lowest BCUT2D eigenvalue weighted by atomic mass is 9.70. The second kappa shape index (κ2) is 7.36. The van der Waals surface area contributed by atoms with Gasteiger partial charge in [0.2, 0.25) is 11.8 Å². The first-order chi connectivity index (χ1) is 10.5. The van der Waals surface area contributed by atoms with E-state index in [0.717, 1.165) is 43.6 Å². The van der Waals surface area contributed by atoms with Crippen LogP contribution in [0.5, 0.6) is 0 Å². The molecule has 2 amide bonds. The van der Waals surface area contributed by atoms with Crippen LogP contribution < -0.4 is 11.1 Å². The molecule has 0 atom stereocenters. The number of primary amides is 1. The minimum absolute atomic E-state index is 0.250. The molecule has 1 aliphatic heterocycles. The number of nitrogens with one attached hydrogen (secondary N) is 1. The van der Waals surface area contributed by atoms with Gasteiger partial charge in [-0.05, 0) is 43.6 Å². The maximum Gasteiger partial charge on any atom is 0.225 e. The van der Waals surface area contributed by atoms with Crippen molar-refractivity contribution in [2.75, 3.05) is 11.5 Å². The molecule has 3 N–H and O–H groups in total. The summed E-state index contributed by atoms with van der Waals surface area (Å²) in [5.41, 5.74) is 4.26. The SMILES string of the molecule is N#CC1(NC(=O)[CH]CC2(C(N)=O)CCCCC2)CCSCC1. The van der Waals surface area contributed by atoms with Crippen LogP contribution in [0, 0.1) is 23.2 Å². The van der Waals surface area contributed by atoms with Gasteiger partial charge in [0.05, 0.1) is 12.5 Å². The van der Waals surface area contributed by atoms with E-state index in [1.165, 1.54) is 6.42 Å². The van der Waals surface area contributed by atoms with Gasteiger partial charge in [-0.15, -0.1) is 0 Å². The molecule has 5 nitrogen and oxygen atoms in total. The fraction of sp³-hybridized carbons (Fsp3) is 0.750. The number of amides is 2. The number of thioether (sulfide) groups is 1. The van der Waals surface area contributed by atoms with Crippen LogP contribution in [0.25, 0.3) is 0 Å². The number of nitrogens with two attached hydrogens (primary N) is 1. The largest absolute Gasteiger partial charge is 0.369 e. The average Bonchev–Trinajstić information content (AvgIpc) is 2.54. The molecule has 1 aliphatic carbocycles. The highest BCUT2D eigenvalue weighted by Crippen LogP contribution is 2.39. The zero-order chi connectivity index (χ0) is 16.1. The maximum absolute atomic E-state index is 12.2. The minimum atomic E-state index is -0.745. The highest BCUT2D eigenvalue weighted by atomic mass is 32.2. The number of hydrogen-bond donors (Lipinski definition) is 2. The third kappa shape index (κ3) is 3.95. The molecule has 6 heteroatoms. The summed E-state index contributed by atoms with van der Waals surface area (Å²) in [6.45, 7) is 0. The molecular formula is C16H24N3O2S. The molecule has 2 fully saturated rings. The van der Waals surface area contributed by atoms with Gasteiger partial charge >= 0.3 is 0 Å². The van der Waals surface area contributed by atoms with Gasteiger partial charge in [0.1, 0.15) is 5.54 Å². The van der Waals surface area contributed by atoms with Crippen LogP contribution in [0.4, 0.5) is 0 Å². The van der Waals surface area contributed by atoms with Crippen molar-refractivity contribution in [2.24, 2.45) is 11.1 Å². The van der Waals surface area contributed by atoms with Gasteiger partial charge in [-0.3, -0.25) is 9.59 Å². The van der Waals surface area contributed by atoms with E-state index in [9.17, 15) is 14.9 Å². The number of carbonyl (C=O) groups is 2. The molecule has 1 heterocycles. The van der Waals surface area contributed by atoms with Crippen LogP contribution in [-0.4, -0.2) is 28.9 Å². The Bertz CT molecular complexity index is 461. The lowest BCUT2D eigenvalue weighted by Gasteiger charge is -2.35. The van der Waals surface area contributed by atoms with E-state index in [4.69, 9.17) is 5.73 Å². The van der Waals surface area contributed by atoms with Crippen molar-refractivity contribution in [1.82, 2.24) is 5.32 Å². The summed E-state index contributed by atoms with van der Waals surface area (Å²) in [4.78, 5) is 24.0. The first kappa shape index (κ1) is 17.1. The van der Waals surface area contributed by atoms with E-state index in [-0.39, 0.29) is 11.8 Å². The molecule has 0 aromatic rings. The lowest BCUT2D eigenvalue weighted by molar-refractivity contribution is -0.130. The summed E-state index contributed by atoms with van der Waals surface area (Å²) < 4.78 is 0. The number of nitriles is 1. The van der Waals surface area contributed by atoms with Gasteiger partial charge in [0, 0.05) is 5.41 Å². The van der Waals surface area contributed by atoms with E-state index in [1.54, 1.807) is 11.8 Å². The Morgan fingerprint density at radius 2 is 1.82 bits per heavy atom. The lowest BCUT2D eigenvalue weighted by Crippen LogP contribution is -2.50. The average molecular weight is 322 g/mol. The molecule has 1 saturated carbocycles. The molecule has 0 unspecified atom stereocenters. The van der Waals surface area contributed by atoms with Crippen LogP contribution in [0.15, 0.2) is 0 Å². The predicted octanol–water partition coefficient (Wildman–Crippen LogP) is 1.92. The molecule has 2 aliphatic rings. The molecule has 121 valence electrons. The van der Waals surface area contributed by atoms with Gasteiger partial charge in [0.25, 0.3) is 0 Å². The predicted molar refractivity (Wildman–Crippen MR) is 86.7 cm³/mol. The number of carbonyl (C=O) groups excluding carboxylic acids is 2. The molecule has 0 spiro atoms. The van der Waals surface area contributed by atoms with Crippen molar-refractivity contribution in [3.8, 4) is 6.07 Å². The van der Waals surface area contributed by atoms with E-state index in [1.807, 2.05) is 0 Å². The second-order valence-corrected chi connectivity index (χ2v) is 7.63. The Labute approximate surface area is 136 Å². The topological polar surface area (TPSA) is 96.0 Å². The van der Waals surface area contributed by atoms with Crippen LogP contribution in [-0.2, 0) is 9.59 Å². The summed E-state index contributed by atoms with van der Waals surface area (Å²) in [7, 11) is 0. The zero-order valence-electron chi connectivity index (χ0n) is 12.9. The fourth-order valence-electron chi connectivity index (χ4n) is 3.34. The van der Waals surface area contributed by atoms with E-state index in [0.29, 0.717) is 19.3 Å². The number of nitrogens with zero attached hydrogens (tertiary/aromatic N) is 1. The molecule has 1 saturated heterocycles. The van der Waals surface area contributed by atoms with Crippen LogP contribution in [0.2, 0.25) is 0 Å². The highest BCUT2D eigenvalue weighted by molar-refractivity contribution is 7.99. The molecule has 0 aromatic heterocycles. The number of hydrogen-bond acceptors (Lipinski definition) is 4. The third-order valence-corrected chi connectivity index (χ3v) is 5.92. The molecule has 1 radical (unpaired) electrons. The summed E-state index contributed by atoms with van der Waals surface area (Å²) in [6, 6.07) is 2.26. The Morgan fingerprint density at radius 3 is 2.36 bits per heavy atom. The van der Waals surface area contributed by atoms with E-state index >= 15 is 0 Å². The Kier molecular flexibility index (Phi) is 5.74. The van der Waals surface area contributed by atoms with Gasteiger partial charge in [0.15, 0.2) is 0 Å². The molecule has 0 bridgehead atoms. The zero-order valence-corrected chi connectivity index (χ0v) is 13.7. The van der Waals surface area contributed by atoms with Gasteiger partial charge in [-0.25, -0.2) is 0 Å². The Hall–Kier alpha value is -1.22. The first-order valence-corrected chi connectivity index (χ1v) is 9.12. The molecule has 2 rings (SSSR count). The minimum Gasteiger partial charge on any atom is -0.369 e. The van der Waals surface area contributed by atoms with Crippen molar-refractivity contribution >= 4 is 23.6 Å². The second-order valence-electron chi connectivity index (χ2n) is 6.41. The summed E-state index contributed by atoms with van der Waals surface area (Å²) in [6.07, 6.45) is 7.86. The van der Waals surface area contributed by atoms with Crippen molar-refractivity contribution < 1.29 is 9.59 Å². The Balaban J connectivity index is 1.91. The monoisotopic (exact) mass is 322 g/mol. The van der Waals surface area contributed by atoms with E-state index in [2.05, 4.69) is 11.4 Å². The van der Waals surface area contributed by atoms with Crippen molar-refractivity contribution in [3.05, 3.63) is 6.42 Å². The maximum atomic E-state index is 12.2. The first-order valence-electron chi connectivity index (χ1n) is 7.96. The van der Waals surface area contributed by atoms with Crippen LogP contribution in [0.3, 0.4) is 0 Å². The normalized spacial score (nSPS) is 23.2. The summed E-state index contributed by atoms with van der Waals surface area (Å²) in [5, 5.41) is 12.2. The van der Waals surface area contributed by atoms with E-state index < -0.39 is 11.0 Å². The van der Waals surface area contributed by atoms with Crippen molar-refractivity contribution in [2.45, 2.75) is 56.9 Å². The van der Waals surface area contributed by atoms with Gasteiger partial charge < -0.3 is 11.1 Å². The van der Waals surface area contributed by atoms with Gasteiger partial charge in [-0.2, -0.15) is 17.0 Å². The van der Waals surface area contributed by atoms with Gasteiger partial charge in [-0.1, -0.05) is 19.3 Å².